The van der Waals surface area contributed by atoms with Gasteiger partial charge in [0.2, 0.25) is 0 Å². The number of allylic oxidation sites excluding steroid dienone is 1. The molecule has 0 saturated carbocycles. The topological polar surface area (TPSA) is 91.4 Å². The van der Waals surface area contributed by atoms with Gasteiger partial charge >= 0.3 is 11.9 Å². The molecule has 164 valence electrons. The predicted molar refractivity (Wildman–Crippen MR) is 110 cm³/mol. The first-order valence-electron chi connectivity index (χ1n) is 10.0. The number of piperidine rings is 1. The largest absolute Gasteiger partial charge is 0.493 e. The molecule has 8 nitrogen and oxygen atoms in total. The number of ether oxygens (including phenoxy) is 4. The number of hydrogen-bond acceptors (Lipinski definition) is 7. The van der Waals surface area contributed by atoms with Gasteiger partial charge in [-0.2, -0.15) is 0 Å². The lowest BCUT2D eigenvalue weighted by molar-refractivity contribution is -0.155. The Hall–Kier alpha value is -3.03. The summed E-state index contributed by atoms with van der Waals surface area (Å²) in [5.74, 6) is -0.432. The molecule has 8 heteroatoms. The van der Waals surface area contributed by atoms with Crippen molar-refractivity contribution >= 4 is 23.9 Å². The second-order valence-corrected chi connectivity index (χ2v) is 6.77. The van der Waals surface area contributed by atoms with Gasteiger partial charge in [-0.1, -0.05) is 18.2 Å². The maximum absolute atomic E-state index is 12.2. The van der Waals surface area contributed by atoms with Crippen molar-refractivity contribution in [3.05, 3.63) is 29.8 Å². The Morgan fingerprint density at radius 3 is 2.47 bits per heavy atom. The summed E-state index contributed by atoms with van der Waals surface area (Å²) in [6.07, 6.45) is 4.92. The highest BCUT2D eigenvalue weighted by Gasteiger charge is 2.28. The standard InChI is InChI=1S/C22H29NO7/c1-4-6-16-7-8-18(19(13-16)27-3)29-15-21(25)30-14-20(24)23-11-9-17(10-12-23)22(26)28-5-2/h4,6-8,13,17H,5,9-12,14-15H2,1-3H3/b6-4+. The molecule has 0 aliphatic carbocycles. The third-order valence-corrected chi connectivity index (χ3v) is 4.72. The van der Waals surface area contributed by atoms with Crippen LogP contribution in [0.2, 0.25) is 0 Å². The summed E-state index contributed by atoms with van der Waals surface area (Å²) >= 11 is 0. The van der Waals surface area contributed by atoms with Gasteiger partial charge in [0.05, 0.1) is 19.6 Å². The van der Waals surface area contributed by atoms with Crippen LogP contribution in [0.25, 0.3) is 6.08 Å². The fourth-order valence-electron chi connectivity index (χ4n) is 3.14. The van der Waals surface area contributed by atoms with E-state index in [4.69, 9.17) is 18.9 Å². The van der Waals surface area contributed by atoms with Crippen LogP contribution in [-0.4, -0.2) is 62.8 Å². The van der Waals surface area contributed by atoms with Crippen LogP contribution in [0.4, 0.5) is 0 Å². The third-order valence-electron chi connectivity index (χ3n) is 4.72. The third kappa shape index (κ3) is 6.79. The highest BCUT2D eigenvalue weighted by molar-refractivity contribution is 5.81. The predicted octanol–water partition coefficient (Wildman–Crippen LogP) is 2.45. The van der Waals surface area contributed by atoms with E-state index in [1.165, 1.54) is 7.11 Å². The Morgan fingerprint density at radius 1 is 1.10 bits per heavy atom. The Bertz CT molecular complexity index is 767. The van der Waals surface area contributed by atoms with Crippen molar-refractivity contribution in [1.82, 2.24) is 4.90 Å². The average Bonchev–Trinajstić information content (AvgIpc) is 2.76. The fraction of sp³-hybridized carbons (Fsp3) is 0.500. The van der Waals surface area contributed by atoms with Gasteiger partial charge in [0, 0.05) is 13.1 Å². The number of carbonyl (C=O) groups is 3. The molecule has 2 rings (SSSR count). The van der Waals surface area contributed by atoms with Crippen molar-refractivity contribution < 1.29 is 33.3 Å². The van der Waals surface area contributed by atoms with E-state index in [9.17, 15) is 14.4 Å². The van der Waals surface area contributed by atoms with Crippen molar-refractivity contribution in [1.29, 1.82) is 0 Å². The molecule has 1 aliphatic rings. The second kappa shape index (κ2) is 11.8. The first-order valence-corrected chi connectivity index (χ1v) is 10.0. The van der Waals surface area contributed by atoms with Gasteiger partial charge < -0.3 is 23.8 Å². The summed E-state index contributed by atoms with van der Waals surface area (Å²) in [6, 6.07) is 5.34. The number of hydrogen-bond donors (Lipinski definition) is 0. The van der Waals surface area contributed by atoms with E-state index in [2.05, 4.69) is 0 Å². The van der Waals surface area contributed by atoms with Gasteiger partial charge in [-0.25, -0.2) is 4.79 Å². The van der Waals surface area contributed by atoms with Crippen molar-refractivity contribution in [3.8, 4) is 11.5 Å². The van der Waals surface area contributed by atoms with Crippen LogP contribution in [0, 0.1) is 5.92 Å². The fourth-order valence-corrected chi connectivity index (χ4v) is 3.14. The van der Waals surface area contributed by atoms with Crippen LogP contribution < -0.4 is 9.47 Å². The van der Waals surface area contributed by atoms with Gasteiger partial charge in [0.15, 0.2) is 24.7 Å². The molecule has 1 aromatic carbocycles. The lowest BCUT2D eigenvalue weighted by Gasteiger charge is -2.30. The highest BCUT2D eigenvalue weighted by atomic mass is 16.6. The number of benzene rings is 1. The van der Waals surface area contributed by atoms with Gasteiger partial charge in [-0.15, -0.1) is 0 Å². The molecule has 0 N–H and O–H groups in total. The quantitative estimate of drug-likeness (QED) is 0.568. The lowest BCUT2D eigenvalue weighted by Crippen LogP contribution is -2.42. The van der Waals surface area contributed by atoms with Crippen LogP contribution in [0.5, 0.6) is 11.5 Å². The molecule has 0 bridgehead atoms. The van der Waals surface area contributed by atoms with Crippen LogP contribution in [0.3, 0.4) is 0 Å². The van der Waals surface area contributed by atoms with Crippen molar-refractivity contribution in [3.63, 3.8) is 0 Å². The minimum atomic E-state index is -0.649. The van der Waals surface area contributed by atoms with Gasteiger partial charge in [0.25, 0.3) is 5.91 Å². The van der Waals surface area contributed by atoms with Crippen LogP contribution in [0.1, 0.15) is 32.3 Å². The molecule has 1 aliphatic heterocycles. The van der Waals surface area contributed by atoms with Gasteiger partial charge in [-0.3, -0.25) is 9.59 Å². The molecule has 0 atom stereocenters. The number of likely N-dealkylation sites (tertiary alicyclic amines) is 1. The molecule has 1 amide bonds. The molecule has 0 aromatic heterocycles. The number of methoxy groups -OCH3 is 1. The molecule has 0 radical (unpaired) electrons. The summed E-state index contributed by atoms with van der Waals surface area (Å²) in [7, 11) is 1.52. The van der Waals surface area contributed by atoms with Crippen molar-refractivity contribution in [2.45, 2.75) is 26.7 Å². The number of amides is 1. The van der Waals surface area contributed by atoms with Crippen LogP contribution in [-0.2, 0) is 23.9 Å². The monoisotopic (exact) mass is 419 g/mol. The van der Waals surface area contributed by atoms with E-state index in [0.29, 0.717) is 44.0 Å². The average molecular weight is 419 g/mol. The molecule has 1 heterocycles. The molecule has 1 aromatic rings. The van der Waals surface area contributed by atoms with E-state index >= 15 is 0 Å². The molecular formula is C22H29NO7. The Balaban J connectivity index is 1.75. The van der Waals surface area contributed by atoms with Crippen molar-refractivity contribution in [2.75, 3.05) is 40.0 Å². The zero-order valence-corrected chi connectivity index (χ0v) is 17.7. The Morgan fingerprint density at radius 2 is 1.83 bits per heavy atom. The van der Waals surface area contributed by atoms with E-state index in [0.717, 1.165) is 5.56 Å². The summed E-state index contributed by atoms with van der Waals surface area (Å²) in [4.78, 5) is 37.5. The molecule has 0 spiro atoms. The summed E-state index contributed by atoms with van der Waals surface area (Å²) in [6.45, 7) is 4.21. The zero-order chi connectivity index (χ0) is 21.9. The van der Waals surface area contributed by atoms with E-state index in [-0.39, 0.29) is 31.0 Å². The number of esters is 2. The lowest BCUT2D eigenvalue weighted by atomic mass is 9.97. The van der Waals surface area contributed by atoms with E-state index in [1.807, 2.05) is 25.1 Å². The highest BCUT2D eigenvalue weighted by Crippen LogP contribution is 2.28. The molecule has 1 fully saturated rings. The summed E-state index contributed by atoms with van der Waals surface area (Å²) in [5, 5.41) is 0. The second-order valence-electron chi connectivity index (χ2n) is 6.77. The maximum atomic E-state index is 12.2. The normalized spacial score (nSPS) is 14.4. The van der Waals surface area contributed by atoms with Crippen LogP contribution in [0.15, 0.2) is 24.3 Å². The maximum Gasteiger partial charge on any atom is 0.344 e. The molecule has 30 heavy (non-hydrogen) atoms. The zero-order valence-electron chi connectivity index (χ0n) is 17.7. The van der Waals surface area contributed by atoms with Gasteiger partial charge in [0.1, 0.15) is 0 Å². The summed E-state index contributed by atoms with van der Waals surface area (Å²) in [5.41, 5.74) is 0.946. The number of nitrogens with zero attached hydrogens (tertiary/aromatic N) is 1. The van der Waals surface area contributed by atoms with E-state index in [1.54, 1.807) is 24.0 Å². The Labute approximate surface area is 176 Å². The Kier molecular flexibility index (Phi) is 9.18. The van der Waals surface area contributed by atoms with E-state index < -0.39 is 5.97 Å². The molecule has 0 unspecified atom stereocenters. The van der Waals surface area contributed by atoms with Gasteiger partial charge in [-0.05, 0) is 44.4 Å². The van der Waals surface area contributed by atoms with Crippen molar-refractivity contribution in [2.24, 2.45) is 5.92 Å². The molecular weight excluding hydrogens is 390 g/mol. The smallest absolute Gasteiger partial charge is 0.344 e. The molecule has 1 saturated heterocycles. The number of carbonyl (C=O) groups excluding carboxylic acids is 3. The minimum absolute atomic E-state index is 0.181. The van der Waals surface area contributed by atoms with Crippen LogP contribution >= 0.6 is 0 Å². The summed E-state index contributed by atoms with van der Waals surface area (Å²) < 4.78 is 20.8. The first kappa shape index (κ1) is 23.3. The first-order chi connectivity index (χ1) is 14.5. The number of rotatable bonds is 9. The SMILES string of the molecule is C/C=C/c1ccc(OCC(=O)OCC(=O)N2CCC(C(=O)OCC)CC2)c(OC)c1. The minimum Gasteiger partial charge on any atom is -0.493 e.